The van der Waals surface area contributed by atoms with E-state index in [0.29, 0.717) is 11.3 Å². The van der Waals surface area contributed by atoms with Gasteiger partial charge >= 0.3 is 5.97 Å². The molecule has 2 aromatic carbocycles. The van der Waals surface area contributed by atoms with Gasteiger partial charge in [-0.2, -0.15) is 0 Å². The molecule has 2 heterocycles. The van der Waals surface area contributed by atoms with Gasteiger partial charge in [0.05, 0.1) is 0 Å². The van der Waals surface area contributed by atoms with E-state index in [1.54, 1.807) is 12.3 Å². The van der Waals surface area contributed by atoms with Crippen LogP contribution in [0, 0.1) is 0 Å². The van der Waals surface area contributed by atoms with Crippen LogP contribution in [-0.4, -0.2) is 33.5 Å². The largest absolute Gasteiger partial charge is 0.479 e. The van der Waals surface area contributed by atoms with Gasteiger partial charge in [0.25, 0.3) is 0 Å². The molecule has 136 valence electrons. The van der Waals surface area contributed by atoms with Crippen LogP contribution in [0.3, 0.4) is 0 Å². The van der Waals surface area contributed by atoms with Crippen LogP contribution in [-0.2, 0) is 4.79 Å². The molecule has 0 amide bonds. The highest BCUT2D eigenvalue weighted by Crippen LogP contribution is 2.37. The fourth-order valence-electron chi connectivity index (χ4n) is 3.19. The van der Waals surface area contributed by atoms with Crippen LogP contribution in [0.4, 0.5) is 5.69 Å². The number of hydrogen-bond donors (Lipinski definition) is 3. The van der Waals surface area contributed by atoms with Gasteiger partial charge in [-0.25, -0.2) is 4.79 Å². The van der Waals surface area contributed by atoms with E-state index in [4.69, 9.17) is 9.84 Å². The molecule has 4 rings (SSSR count). The number of benzene rings is 2. The third kappa shape index (κ3) is 3.11. The molecule has 0 fully saturated rings. The monoisotopic (exact) mass is 362 g/mol. The van der Waals surface area contributed by atoms with Gasteiger partial charge in [-0.1, -0.05) is 30.3 Å². The third-order valence-electron chi connectivity index (χ3n) is 4.55. The Labute approximate surface area is 155 Å². The first kappa shape index (κ1) is 17.1. The number of carboxylic acid groups (broad SMARTS) is 1. The van der Waals surface area contributed by atoms with Crippen molar-refractivity contribution in [2.45, 2.75) is 19.3 Å². The Hall–Kier alpha value is -3.38. The van der Waals surface area contributed by atoms with Crippen molar-refractivity contribution in [3.63, 3.8) is 0 Å². The zero-order valence-corrected chi connectivity index (χ0v) is 14.6. The van der Waals surface area contributed by atoms with Crippen molar-refractivity contribution in [1.82, 2.24) is 4.98 Å². The van der Waals surface area contributed by atoms with Gasteiger partial charge < -0.3 is 20.3 Å². The Bertz CT molecular complexity index is 1060. The highest BCUT2D eigenvalue weighted by Gasteiger charge is 2.24. The molecule has 0 bridgehead atoms. The van der Waals surface area contributed by atoms with E-state index in [-0.39, 0.29) is 0 Å². The highest BCUT2D eigenvalue weighted by molar-refractivity contribution is 6.00. The van der Waals surface area contributed by atoms with Crippen LogP contribution >= 0.6 is 0 Å². The topological polar surface area (TPSA) is 91.7 Å². The first-order valence-corrected chi connectivity index (χ1v) is 8.57. The normalized spacial score (nSPS) is 18.1. The molecule has 2 unspecified atom stereocenters. The van der Waals surface area contributed by atoms with E-state index in [1.165, 1.54) is 6.92 Å². The number of pyridine rings is 1. The third-order valence-corrected chi connectivity index (χ3v) is 4.55. The van der Waals surface area contributed by atoms with Gasteiger partial charge in [0.15, 0.2) is 12.3 Å². The van der Waals surface area contributed by atoms with Gasteiger partial charge in [0, 0.05) is 28.4 Å². The second kappa shape index (κ2) is 6.74. The number of aromatic nitrogens is 1. The SMILES string of the molecule is CC(Oc1ccc(C=C2c3ccccc3NC2O)c2cccnc12)C(=O)O. The summed E-state index contributed by atoms with van der Waals surface area (Å²) in [5.41, 5.74) is 4.04. The smallest absolute Gasteiger partial charge is 0.344 e. The summed E-state index contributed by atoms with van der Waals surface area (Å²) in [6, 6.07) is 15.0. The minimum absolute atomic E-state index is 0.410. The maximum Gasteiger partial charge on any atom is 0.344 e. The number of carboxylic acids is 1. The molecule has 27 heavy (non-hydrogen) atoms. The van der Waals surface area contributed by atoms with Crippen molar-refractivity contribution in [2.75, 3.05) is 5.32 Å². The van der Waals surface area contributed by atoms with Crippen LogP contribution in [0.1, 0.15) is 18.1 Å². The molecule has 0 spiro atoms. The molecular formula is C21H18N2O4. The Morgan fingerprint density at radius 1 is 1.22 bits per heavy atom. The minimum Gasteiger partial charge on any atom is -0.479 e. The van der Waals surface area contributed by atoms with E-state index in [0.717, 1.165) is 27.8 Å². The Morgan fingerprint density at radius 2 is 2.04 bits per heavy atom. The molecule has 0 saturated carbocycles. The second-order valence-electron chi connectivity index (χ2n) is 6.34. The van der Waals surface area contributed by atoms with Crippen molar-refractivity contribution in [3.8, 4) is 5.75 Å². The van der Waals surface area contributed by atoms with Crippen LogP contribution in [0.2, 0.25) is 0 Å². The maximum atomic E-state index is 11.1. The van der Waals surface area contributed by atoms with Gasteiger partial charge in [-0.15, -0.1) is 0 Å². The summed E-state index contributed by atoms with van der Waals surface area (Å²) < 4.78 is 5.55. The minimum atomic E-state index is -1.04. The van der Waals surface area contributed by atoms with Crippen LogP contribution in [0.5, 0.6) is 5.75 Å². The Balaban J connectivity index is 1.81. The number of rotatable bonds is 4. The van der Waals surface area contributed by atoms with Crippen molar-refractivity contribution < 1.29 is 19.7 Å². The summed E-state index contributed by atoms with van der Waals surface area (Å²) in [5, 5.41) is 23.3. The lowest BCUT2D eigenvalue weighted by atomic mass is 10.0. The molecule has 3 N–H and O–H groups in total. The summed E-state index contributed by atoms with van der Waals surface area (Å²) in [5.74, 6) is -0.629. The average Bonchev–Trinajstić information content (AvgIpc) is 2.99. The van der Waals surface area contributed by atoms with Crippen LogP contribution in [0.15, 0.2) is 54.7 Å². The lowest BCUT2D eigenvalue weighted by molar-refractivity contribution is -0.144. The number of fused-ring (bicyclic) bond motifs is 2. The number of nitrogens with one attached hydrogen (secondary N) is 1. The molecule has 2 atom stereocenters. The standard InChI is InChI=1S/C21H18N2O4/c1-12(21(25)26)27-18-9-8-13(14-6-4-10-22-19(14)18)11-16-15-5-2-3-7-17(15)23-20(16)24/h2-12,20,23-24H,1H3,(H,25,26). The number of aliphatic hydroxyl groups is 1. The first-order chi connectivity index (χ1) is 13.0. The van der Waals surface area contributed by atoms with Gasteiger partial charge in [-0.3, -0.25) is 4.98 Å². The maximum absolute atomic E-state index is 11.1. The van der Waals surface area contributed by atoms with E-state index in [1.807, 2.05) is 48.5 Å². The molecule has 6 nitrogen and oxygen atoms in total. The van der Waals surface area contributed by atoms with E-state index in [9.17, 15) is 9.90 Å². The number of hydrogen-bond acceptors (Lipinski definition) is 5. The molecule has 1 aliphatic rings. The zero-order chi connectivity index (χ0) is 19.0. The number of aliphatic carboxylic acids is 1. The summed E-state index contributed by atoms with van der Waals surface area (Å²) in [4.78, 5) is 15.5. The molecule has 0 radical (unpaired) electrons. The molecular weight excluding hydrogens is 344 g/mol. The summed E-state index contributed by atoms with van der Waals surface area (Å²) in [7, 11) is 0. The van der Waals surface area contributed by atoms with E-state index in [2.05, 4.69) is 10.3 Å². The lowest BCUT2D eigenvalue weighted by Crippen LogP contribution is -2.23. The van der Waals surface area contributed by atoms with Crippen LogP contribution < -0.4 is 10.1 Å². The molecule has 0 saturated heterocycles. The fraction of sp³-hybridized carbons (Fsp3) is 0.143. The van der Waals surface area contributed by atoms with Crippen LogP contribution in [0.25, 0.3) is 22.6 Å². The fourth-order valence-corrected chi connectivity index (χ4v) is 3.19. The molecule has 0 aliphatic carbocycles. The molecule has 3 aromatic rings. The number of carbonyl (C=O) groups is 1. The average molecular weight is 362 g/mol. The van der Waals surface area contributed by atoms with Gasteiger partial charge in [0.1, 0.15) is 11.3 Å². The predicted molar refractivity (Wildman–Crippen MR) is 103 cm³/mol. The number of ether oxygens (including phenoxy) is 1. The predicted octanol–water partition coefficient (Wildman–Crippen LogP) is 3.37. The highest BCUT2D eigenvalue weighted by atomic mass is 16.5. The molecule has 1 aliphatic heterocycles. The van der Waals surface area contributed by atoms with Crippen molar-refractivity contribution in [2.24, 2.45) is 0 Å². The van der Waals surface area contributed by atoms with Gasteiger partial charge in [0.2, 0.25) is 0 Å². The first-order valence-electron chi connectivity index (χ1n) is 8.57. The lowest BCUT2D eigenvalue weighted by Gasteiger charge is -2.14. The summed E-state index contributed by atoms with van der Waals surface area (Å²) >= 11 is 0. The number of nitrogens with zero attached hydrogens (tertiary/aromatic N) is 1. The van der Waals surface area contributed by atoms with Crippen molar-refractivity contribution in [1.29, 1.82) is 0 Å². The van der Waals surface area contributed by atoms with E-state index >= 15 is 0 Å². The summed E-state index contributed by atoms with van der Waals surface area (Å²) in [6.45, 7) is 1.48. The molecule has 6 heteroatoms. The van der Waals surface area contributed by atoms with Gasteiger partial charge in [-0.05, 0) is 36.8 Å². The Morgan fingerprint density at radius 3 is 2.85 bits per heavy atom. The molecule has 1 aromatic heterocycles. The zero-order valence-electron chi connectivity index (χ0n) is 14.6. The van der Waals surface area contributed by atoms with Crippen molar-refractivity contribution in [3.05, 3.63) is 65.9 Å². The number of aliphatic hydroxyl groups excluding tert-OH is 1. The number of para-hydroxylation sites is 1. The Kier molecular flexibility index (Phi) is 4.25. The van der Waals surface area contributed by atoms with E-state index < -0.39 is 18.3 Å². The summed E-state index contributed by atoms with van der Waals surface area (Å²) in [6.07, 6.45) is 1.78. The quantitative estimate of drug-likeness (QED) is 0.659. The second-order valence-corrected chi connectivity index (χ2v) is 6.34. The van der Waals surface area contributed by atoms with Crippen molar-refractivity contribution >= 4 is 34.2 Å². The number of anilines is 1.